The Bertz CT molecular complexity index is 908. The Kier molecular flexibility index (Phi) is 5.17. The molecule has 1 N–H and O–H groups in total. The van der Waals surface area contributed by atoms with E-state index >= 15 is 0 Å². The number of halogens is 4. The summed E-state index contributed by atoms with van der Waals surface area (Å²) in [5, 5.41) is 11.2. The maximum absolute atomic E-state index is 13.6. The number of aromatic nitrogens is 2. The Morgan fingerprint density at radius 3 is 2.33 bits per heavy atom. The van der Waals surface area contributed by atoms with Gasteiger partial charge in [0.2, 0.25) is 0 Å². The molecule has 1 aromatic heterocycles. The van der Waals surface area contributed by atoms with E-state index in [1.165, 1.54) is 36.1 Å². The molecular formula is C19H16ClF3N2O2. The second-order valence-corrected chi connectivity index (χ2v) is 6.71. The van der Waals surface area contributed by atoms with E-state index in [1.807, 2.05) is 0 Å². The van der Waals surface area contributed by atoms with Crippen LogP contribution < -0.4 is 4.74 Å². The van der Waals surface area contributed by atoms with Crippen LogP contribution in [0.25, 0.3) is 0 Å². The van der Waals surface area contributed by atoms with Crippen molar-refractivity contribution in [1.29, 1.82) is 0 Å². The molecule has 0 aliphatic rings. The van der Waals surface area contributed by atoms with Crippen molar-refractivity contribution in [1.82, 2.24) is 9.55 Å². The minimum atomic E-state index is -4.66. The molecule has 3 aromatic rings. The number of hydrogen-bond donors (Lipinski definition) is 1. The van der Waals surface area contributed by atoms with Crippen molar-refractivity contribution in [3.63, 3.8) is 0 Å². The quantitative estimate of drug-likeness (QED) is 0.640. The topological polar surface area (TPSA) is 47.3 Å². The first kappa shape index (κ1) is 19.3. The van der Waals surface area contributed by atoms with Crippen LogP contribution in [0.5, 0.6) is 11.5 Å². The van der Waals surface area contributed by atoms with Crippen LogP contribution in [0.3, 0.4) is 0 Å². The van der Waals surface area contributed by atoms with Gasteiger partial charge in [0.1, 0.15) is 17.1 Å². The third-order valence-corrected chi connectivity index (χ3v) is 4.23. The summed E-state index contributed by atoms with van der Waals surface area (Å²) in [7, 11) is 0. The lowest BCUT2D eigenvalue weighted by atomic mass is 9.90. The van der Waals surface area contributed by atoms with Crippen LogP contribution in [0.4, 0.5) is 13.2 Å². The number of aliphatic hydroxyl groups is 1. The lowest BCUT2D eigenvalue weighted by Gasteiger charge is -2.28. The second-order valence-electron chi connectivity index (χ2n) is 6.27. The van der Waals surface area contributed by atoms with Gasteiger partial charge in [0.15, 0.2) is 0 Å². The number of hydrogen-bond acceptors (Lipinski definition) is 3. The summed E-state index contributed by atoms with van der Waals surface area (Å²) in [4.78, 5) is 3.84. The standard InChI is InChI=1S/C19H16ClF3N2O2/c1-18(26,11-25-9-8-24-12-25)16-7-6-15(10-17(16)19(21,22)23)27-14-4-2-13(20)3-5-14/h2-10,12,26H,11H2,1H3. The molecule has 1 atom stereocenters. The Labute approximate surface area is 158 Å². The van der Waals surface area contributed by atoms with Crippen molar-refractivity contribution < 1.29 is 23.0 Å². The first-order valence-corrected chi connectivity index (χ1v) is 8.36. The molecule has 0 saturated carbocycles. The lowest BCUT2D eigenvalue weighted by molar-refractivity contribution is -0.140. The maximum Gasteiger partial charge on any atom is 0.416 e. The van der Waals surface area contributed by atoms with Crippen molar-refractivity contribution >= 4 is 11.6 Å². The zero-order chi connectivity index (χ0) is 19.7. The summed E-state index contributed by atoms with van der Waals surface area (Å²) in [6.45, 7) is 1.25. The maximum atomic E-state index is 13.6. The van der Waals surface area contributed by atoms with E-state index in [0.29, 0.717) is 10.8 Å². The van der Waals surface area contributed by atoms with Crippen molar-refractivity contribution in [2.45, 2.75) is 25.2 Å². The third-order valence-electron chi connectivity index (χ3n) is 3.98. The number of nitrogens with zero attached hydrogens (tertiary/aromatic N) is 2. The predicted octanol–water partition coefficient (Wildman–Crippen LogP) is 5.26. The molecule has 0 amide bonds. The van der Waals surface area contributed by atoms with Crippen molar-refractivity contribution in [3.8, 4) is 11.5 Å². The largest absolute Gasteiger partial charge is 0.457 e. The highest BCUT2D eigenvalue weighted by Crippen LogP contribution is 2.40. The number of ether oxygens (including phenoxy) is 1. The third kappa shape index (κ3) is 4.61. The van der Waals surface area contributed by atoms with Gasteiger partial charge in [-0.1, -0.05) is 17.7 Å². The Balaban J connectivity index is 1.95. The molecule has 142 valence electrons. The number of imidazole rings is 1. The highest BCUT2D eigenvalue weighted by molar-refractivity contribution is 6.30. The molecule has 0 aliphatic carbocycles. The van der Waals surface area contributed by atoms with E-state index in [-0.39, 0.29) is 17.9 Å². The zero-order valence-corrected chi connectivity index (χ0v) is 15.0. The van der Waals surface area contributed by atoms with Crippen LogP contribution in [0.15, 0.2) is 61.2 Å². The zero-order valence-electron chi connectivity index (χ0n) is 14.2. The minimum Gasteiger partial charge on any atom is -0.457 e. The van der Waals surface area contributed by atoms with Gasteiger partial charge in [0, 0.05) is 17.4 Å². The molecular weight excluding hydrogens is 381 g/mol. The molecule has 0 aliphatic heterocycles. The van der Waals surface area contributed by atoms with E-state index < -0.39 is 17.3 Å². The van der Waals surface area contributed by atoms with Crippen LogP contribution in [-0.4, -0.2) is 14.7 Å². The summed E-state index contributed by atoms with van der Waals surface area (Å²) >= 11 is 5.79. The van der Waals surface area contributed by atoms with Gasteiger partial charge in [0.05, 0.1) is 18.4 Å². The number of alkyl halides is 3. The van der Waals surface area contributed by atoms with Crippen LogP contribution in [0.1, 0.15) is 18.1 Å². The molecule has 0 spiro atoms. The van der Waals surface area contributed by atoms with E-state index in [0.717, 1.165) is 6.07 Å². The Morgan fingerprint density at radius 2 is 1.74 bits per heavy atom. The van der Waals surface area contributed by atoms with Crippen LogP contribution in [0.2, 0.25) is 5.02 Å². The summed E-state index contributed by atoms with van der Waals surface area (Å²) < 4.78 is 47.9. The molecule has 2 aromatic carbocycles. The van der Waals surface area contributed by atoms with E-state index in [9.17, 15) is 18.3 Å². The van der Waals surface area contributed by atoms with Gasteiger partial charge in [0.25, 0.3) is 0 Å². The first-order valence-electron chi connectivity index (χ1n) is 7.98. The summed E-state index contributed by atoms with van der Waals surface area (Å²) in [5.74, 6) is 0.359. The smallest absolute Gasteiger partial charge is 0.416 e. The fourth-order valence-electron chi connectivity index (χ4n) is 2.75. The molecule has 3 rings (SSSR count). The highest BCUT2D eigenvalue weighted by atomic mass is 35.5. The van der Waals surface area contributed by atoms with E-state index in [1.54, 1.807) is 30.5 Å². The molecule has 1 unspecified atom stereocenters. The second kappa shape index (κ2) is 7.25. The average Bonchev–Trinajstić information content (AvgIpc) is 3.08. The van der Waals surface area contributed by atoms with Gasteiger partial charge < -0.3 is 14.4 Å². The summed E-state index contributed by atoms with van der Waals surface area (Å²) in [5.41, 5.74) is -2.96. The van der Waals surface area contributed by atoms with Gasteiger partial charge in [-0.15, -0.1) is 0 Å². The minimum absolute atomic E-state index is 0.00632. The van der Waals surface area contributed by atoms with Gasteiger partial charge in [-0.05, 0) is 48.9 Å². The average molecular weight is 397 g/mol. The predicted molar refractivity (Wildman–Crippen MR) is 94.8 cm³/mol. The molecule has 0 bridgehead atoms. The monoisotopic (exact) mass is 396 g/mol. The molecule has 0 fully saturated rings. The van der Waals surface area contributed by atoms with Crippen LogP contribution in [0, 0.1) is 0 Å². The number of benzene rings is 2. The van der Waals surface area contributed by atoms with Crippen molar-refractivity contribution in [2.75, 3.05) is 0 Å². The van der Waals surface area contributed by atoms with Crippen molar-refractivity contribution in [2.24, 2.45) is 0 Å². The molecule has 4 nitrogen and oxygen atoms in total. The molecule has 0 radical (unpaired) electrons. The molecule has 27 heavy (non-hydrogen) atoms. The SMILES string of the molecule is CC(O)(Cn1ccnc1)c1ccc(Oc2ccc(Cl)cc2)cc1C(F)(F)F. The van der Waals surface area contributed by atoms with Crippen LogP contribution >= 0.6 is 11.6 Å². The molecule has 1 heterocycles. The molecule has 8 heteroatoms. The van der Waals surface area contributed by atoms with E-state index in [4.69, 9.17) is 16.3 Å². The lowest BCUT2D eigenvalue weighted by Crippen LogP contribution is -2.30. The van der Waals surface area contributed by atoms with Gasteiger partial charge in [-0.2, -0.15) is 13.2 Å². The van der Waals surface area contributed by atoms with Crippen molar-refractivity contribution in [3.05, 3.63) is 77.3 Å². The highest BCUT2D eigenvalue weighted by Gasteiger charge is 2.39. The van der Waals surface area contributed by atoms with E-state index in [2.05, 4.69) is 4.98 Å². The fraction of sp³-hybridized carbons (Fsp3) is 0.211. The summed E-state index contributed by atoms with van der Waals surface area (Å²) in [6, 6.07) is 9.76. The van der Waals surface area contributed by atoms with Gasteiger partial charge in [-0.25, -0.2) is 4.98 Å². The number of rotatable bonds is 5. The summed E-state index contributed by atoms with van der Waals surface area (Å²) in [6.07, 6.45) is -0.170. The van der Waals surface area contributed by atoms with Gasteiger partial charge in [-0.3, -0.25) is 0 Å². The van der Waals surface area contributed by atoms with Crippen LogP contribution in [-0.2, 0) is 18.3 Å². The Hall–Kier alpha value is -2.51. The van der Waals surface area contributed by atoms with Gasteiger partial charge >= 0.3 is 6.18 Å². The normalized spacial score (nSPS) is 14.0. The first-order chi connectivity index (χ1) is 12.6. The fourth-order valence-corrected chi connectivity index (χ4v) is 2.88. The molecule has 0 saturated heterocycles. The Morgan fingerprint density at radius 1 is 1.07 bits per heavy atom.